The molecule has 2 rings (SSSR count). The molecule has 3 nitrogen and oxygen atoms in total. The molecule has 0 aliphatic rings. The van der Waals surface area contributed by atoms with Crippen molar-refractivity contribution in [2.45, 2.75) is 60.1 Å². The second kappa shape index (κ2) is 8.19. The molecule has 2 aromatic carbocycles. The molecule has 25 heavy (non-hydrogen) atoms. The molecule has 0 fully saturated rings. The highest BCUT2D eigenvalue weighted by atomic mass is 16.5. The van der Waals surface area contributed by atoms with Gasteiger partial charge in [0.1, 0.15) is 5.75 Å². The van der Waals surface area contributed by atoms with Crippen LogP contribution in [0.3, 0.4) is 0 Å². The van der Waals surface area contributed by atoms with E-state index in [2.05, 4.69) is 44.3 Å². The van der Waals surface area contributed by atoms with Crippen LogP contribution in [0.15, 0.2) is 36.4 Å². The largest absolute Gasteiger partial charge is 0.481 e. The van der Waals surface area contributed by atoms with E-state index >= 15 is 0 Å². The molecule has 134 valence electrons. The lowest BCUT2D eigenvalue weighted by Crippen LogP contribution is -2.38. The Morgan fingerprint density at radius 2 is 1.80 bits per heavy atom. The molecule has 0 aromatic heterocycles. The maximum Gasteiger partial charge on any atom is 0.261 e. The van der Waals surface area contributed by atoms with E-state index in [-0.39, 0.29) is 11.9 Å². The van der Waals surface area contributed by atoms with E-state index in [0.29, 0.717) is 0 Å². The van der Waals surface area contributed by atoms with Crippen molar-refractivity contribution in [1.82, 2.24) is 5.32 Å². The van der Waals surface area contributed by atoms with Gasteiger partial charge < -0.3 is 10.1 Å². The van der Waals surface area contributed by atoms with Gasteiger partial charge in [-0.1, -0.05) is 42.8 Å². The second-order valence-corrected chi connectivity index (χ2v) is 6.79. The first-order valence-corrected chi connectivity index (χ1v) is 8.93. The fourth-order valence-electron chi connectivity index (χ4n) is 3.00. The van der Waals surface area contributed by atoms with Gasteiger partial charge in [-0.05, 0) is 69.4 Å². The number of hydrogen-bond acceptors (Lipinski definition) is 2. The molecule has 1 amide bonds. The van der Waals surface area contributed by atoms with E-state index in [1.807, 2.05) is 32.0 Å². The first-order valence-electron chi connectivity index (χ1n) is 8.93. The summed E-state index contributed by atoms with van der Waals surface area (Å²) >= 11 is 0. The van der Waals surface area contributed by atoms with Gasteiger partial charge in [-0.25, -0.2) is 0 Å². The summed E-state index contributed by atoms with van der Waals surface area (Å²) in [5.74, 6) is 0.676. The van der Waals surface area contributed by atoms with Gasteiger partial charge in [0, 0.05) is 0 Å². The van der Waals surface area contributed by atoms with Crippen molar-refractivity contribution in [3.63, 3.8) is 0 Å². The summed E-state index contributed by atoms with van der Waals surface area (Å²) in [5, 5.41) is 3.13. The van der Waals surface area contributed by atoms with Crippen LogP contribution in [-0.2, 0) is 4.79 Å². The zero-order valence-corrected chi connectivity index (χ0v) is 16.1. The van der Waals surface area contributed by atoms with Crippen LogP contribution in [0.25, 0.3) is 0 Å². The molecule has 0 radical (unpaired) electrons. The van der Waals surface area contributed by atoms with Gasteiger partial charge in [0.2, 0.25) is 0 Å². The summed E-state index contributed by atoms with van der Waals surface area (Å²) in [6, 6.07) is 12.3. The first kappa shape index (κ1) is 19.0. The molecular formula is C22H29NO2. The summed E-state index contributed by atoms with van der Waals surface area (Å²) in [6.45, 7) is 12.1. The third-order valence-corrected chi connectivity index (χ3v) is 4.75. The number of carbonyl (C=O) groups excluding carboxylic acids is 1. The number of amides is 1. The van der Waals surface area contributed by atoms with Gasteiger partial charge in [0.15, 0.2) is 6.10 Å². The van der Waals surface area contributed by atoms with E-state index in [9.17, 15) is 4.79 Å². The molecule has 0 aliphatic carbocycles. The molecule has 3 heteroatoms. The molecule has 0 heterocycles. The van der Waals surface area contributed by atoms with Crippen LogP contribution in [0.1, 0.15) is 54.1 Å². The van der Waals surface area contributed by atoms with Crippen LogP contribution < -0.4 is 10.1 Å². The fourth-order valence-corrected chi connectivity index (χ4v) is 3.00. The van der Waals surface area contributed by atoms with Crippen molar-refractivity contribution < 1.29 is 9.53 Å². The van der Waals surface area contributed by atoms with Crippen LogP contribution in [0.4, 0.5) is 0 Å². The minimum atomic E-state index is -0.541. The van der Waals surface area contributed by atoms with Crippen LogP contribution in [0.2, 0.25) is 0 Å². The third kappa shape index (κ3) is 4.62. The van der Waals surface area contributed by atoms with Gasteiger partial charge in [0.05, 0.1) is 6.04 Å². The lowest BCUT2D eigenvalue weighted by Gasteiger charge is -2.23. The number of hydrogen-bond donors (Lipinski definition) is 1. The molecule has 1 N–H and O–H groups in total. The maximum atomic E-state index is 12.6. The number of ether oxygens (including phenoxy) is 1. The zero-order valence-electron chi connectivity index (χ0n) is 16.1. The summed E-state index contributed by atoms with van der Waals surface area (Å²) in [6.07, 6.45) is 0.298. The molecule has 0 bridgehead atoms. The summed E-state index contributed by atoms with van der Waals surface area (Å²) < 4.78 is 5.91. The summed E-state index contributed by atoms with van der Waals surface area (Å²) in [7, 11) is 0. The Kier molecular flexibility index (Phi) is 6.24. The number of benzene rings is 2. The number of rotatable bonds is 6. The topological polar surface area (TPSA) is 38.3 Å². The van der Waals surface area contributed by atoms with E-state index in [0.717, 1.165) is 23.3 Å². The molecule has 2 atom stereocenters. The summed E-state index contributed by atoms with van der Waals surface area (Å²) in [4.78, 5) is 12.6. The van der Waals surface area contributed by atoms with Crippen molar-refractivity contribution in [2.75, 3.05) is 0 Å². The van der Waals surface area contributed by atoms with Crippen LogP contribution in [-0.4, -0.2) is 12.0 Å². The van der Waals surface area contributed by atoms with Crippen molar-refractivity contribution in [2.24, 2.45) is 0 Å². The van der Waals surface area contributed by atoms with Crippen molar-refractivity contribution >= 4 is 5.91 Å². The minimum absolute atomic E-state index is 0.00208. The lowest BCUT2D eigenvalue weighted by atomic mass is 9.97. The highest BCUT2D eigenvalue weighted by Crippen LogP contribution is 2.24. The van der Waals surface area contributed by atoms with Crippen molar-refractivity contribution in [1.29, 1.82) is 0 Å². The Bertz CT molecular complexity index is 752. The molecule has 2 aromatic rings. The van der Waals surface area contributed by atoms with Gasteiger partial charge in [-0.2, -0.15) is 0 Å². The van der Waals surface area contributed by atoms with Crippen LogP contribution in [0.5, 0.6) is 5.75 Å². The molecule has 0 saturated carbocycles. The van der Waals surface area contributed by atoms with E-state index in [1.54, 1.807) is 6.92 Å². The van der Waals surface area contributed by atoms with Crippen molar-refractivity contribution in [3.05, 3.63) is 64.2 Å². The maximum absolute atomic E-state index is 12.6. The molecule has 0 unspecified atom stereocenters. The average Bonchev–Trinajstić information content (AvgIpc) is 2.57. The first-order chi connectivity index (χ1) is 11.8. The van der Waals surface area contributed by atoms with Crippen LogP contribution in [0, 0.1) is 27.7 Å². The summed E-state index contributed by atoms with van der Waals surface area (Å²) in [5.41, 5.74) is 5.83. The fraction of sp³-hybridized carbons (Fsp3) is 0.409. The smallest absolute Gasteiger partial charge is 0.261 e. The van der Waals surface area contributed by atoms with Gasteiger partial charge in [-0.15, -0.1) is 0 Å². The molecule has 0 aliphatic heterocycles. The highest BCUT2D eigenvalue weighted by molar-refractivity contribution is 5.81. The van der Waals surface area contributed by atoms with E-state index in [1.165, 1.54) is 16.7 Å². The monoisotopic (exact) mass is 339 g/mol. The number of nitrogens with one attached hydrogen (secondary N) is 1. The average molecular weight is 339 g/mol. The van der Waals surface area contributed by atoms with Crippen LogP contribution >= 0.6 is 0 Å². The normalized spacial score (nSPS) is 13.2. The standard InChI is InChI=1S/C22H29NO2/c1-7-20(19-12-11-14(2)13-16(19)4)23-22(24)18(6)25-21-10-8-9-15(3)17(21)5/h8-13,18,20H,7H2,1-6H3,(H,23,24)/t18-,20-/m1/s1. The Balaban J connectivity index is 2.09. The minimum Gasteiger partial charge on any atom is -0.481 e. The Hall–Kier alpha value is -2.29. The molecular weight excluding hydrogens is 310 g/mol. The SMILES string of the molecule is CC[C@@H](NC(=O)[C@@H](C)Oc1cccc(C)c1C)c1ccc(C)cc1C. The second-order valence-electron chi connectivity index (χ2n) is 6.79. The Morgan fingerprint density at radius 3 is 2.44 bits per heavy atom. The van der Waals surface area contributed by atoms with E-state index in [4.69, 9.17) is 4.74 Å². The van der Waals surface area contributed by atoms with E-state index < -0.39 is 6.10 Å². The predicted molar refractivity (Wildman–Crippen MR) is 103 cm³/mol. The molecule has 0 saturated heterocycles. The quantitative estimate of drug-likeness (QED) is 0.808. The molecule has 0 spiro atoms. The zero-order chi connectivity index (χ0) is 18.6. The third-order valence-electron chi connectivity index (χ3n) is 4.75. The number of aryl methyl sites for hydroxylation is 3. The predicted octanol–water partition coefficient (Wildman–Crippen LogP) is 4.96. The Labute approximate surface area is 151 Å². The van der Waals surface area contributed by atoms with Crippen molar-refractivity contribution in [3.8, 4) is 5.75 Å². The van der Waals surface area contributed by atoms with Gasteiger partial charge in [0.25, 0.3) is 5.91 Å². The highest BCUT2D eigenvalue weighted by Gasteiger charge is 2.21. The van der Waals surface area contributed by atoms with Gasteiger partial charge in [-0.3, -0.25) is 4.79 Å². The van der Waals surface area contributed by atoms with Gasteiger partial charge >= 0.3 is 0 Å². The number of carbonyl (C=O) groups is 1. The Morgan fingerprint density at radius 1 is 1.08 bits per heavy atom. The lowest BCUT2D eigenvalue weighted by molar-refractivity contribution is -0.128.